The van der Waals surface area contributed by atoms with E-state index in [2.05, 4.69) is 10.1 Å². The number of carbonyl (C=O) groups is 2. The average Bonchev–Trinajstić information content (AvgIpc) is 2.61. The van der Waals surface area contributed by atoms with Crippen molar-refractivity contribution in [3.63, 3.8) is 0 Å². The van der Waals surface area contributed by atoms with Gasteiger partial charge in [-0.05, 0) is 17.5 Å². The quantitative estimate of drug-likeness (QED) is 0.631. The molecule has 0 fully saturated rings. The Morgan fingerprint density at radius 2 is 2.27 bits per heavy atom. The van der Waals surface area contributed by atoms with Gasteiger partial charge in [0.1, 0.15) is 5.00 Å². The SMILES string of the molecule is COC(=O)/C=C/c1ccsc1NC(C)=O. The standard InChI is InChI=1S/C10H11NO3S/c1-7(12)11-10-8(5-6-15-10)3-4-9(13)14-2/h3-6H,1-2H3,(H,11,12)/b4-3+. The van der Waals surface area contributed by atoms with Crippen molar-refractivity contribution in [3.8, 4) is 0 Å². The number of hydrogen-bond donors (Lipinski definition) is 1. The van der Waals surface area contributed by atoms with E-state index in [4.69, 9.17) is 0 Å². The molecule has 0 aliphatic rings. The van der Waals surface area contributed by atoms with E-state index >= 15 is 0 Å². The Bertz CT molecular complexity index is 395. The van der Waals surface area contributed by atoms with Crippen LogP contribution in [-0.4, -0.2) is 19.0 Å². The molecule has 1 amide bonds. The lowest BCUT2D eigenvalue weighted by atomic mass is 10.3. The van der Waals surface area contributed by atoms with Crippen molar-refractivity contribution in [1.82, 2.24) is 0 Å². The minimum Gasteiger partial charge on any atom is -0.466 e. The van der Waals surface area contributed by atoms with Gasteiger partial charge in [0.2, 0.25) is 5.91 Å². The molecule has 1 aromatic heterocycles. The zero-order valence-electron chi connectivity index (χ0n) is 8.44. The lowest BCUT2D eigenvalue weighted by Crippen LogP contribution is -2.04. The van der Waals surface area contributed by atoms with Crippen molar-refractivity contribution in [1.29, 1.82) is 0 Å². The molecule has 1 rings (SSSR count). The van der Waals surface area contributed by atoms with E-state index in [0.717, 1.165) is 10.6 Å². The van der Waals surface area contributed by atoms with Crippen LogP contribution in [-0.2, 0) is 14.3 Å². The molecule has 0 bridgehead atoms. The number of hydrogen-bond acceptors (Lipinski definition) is 4. The van der Waals surface area contributed by atoms with Crippen LogP contribution >= 0.6 is 11.3 Å². The molecule has 0 spiro atoms. The number of ether oxygens (including phenoxy) is 1. The summed E-state index contributed by atoms with van der Waals surface area (Å²) in [6.45, 7) is 1.44. The number of anilines is 1. The van der Waals surface area contributed by atoms with E-state index in [1.165, 1.54) is 31.4 Å². The Balaban J connectivity index is 2.77. The van der Waals surface area contributed by atoms with Crippen molar-refractivity contribution >= 4 is 34.3 Å². The van der Waals surface area contributed by atoms with Crippen LogP contribution in [0.2, 0.25) is 0 Å². The van der Waals surface area contributed by atoms with Crippen LogP contribution in [0.1, 0.15) is 12.5 Å². The molecule has 0 aliphatic heterocycles. The second-order valence-corrected chi connectivity index (χ2v) is 3.66. The lowest BCUT2D eigenvalue weighted by Gasteiger charge is -1.98. The van der Waals surface area contributed by atoms with E-state index in [1.807, 2.05) is 11.4 Å². The molecule has 0 saturated heterocycles. The van der Waals surface area contributed by atoms with E-state index < -0.39 is 5.97 Å². The number of thiophene rings is 1. The molecule has 0 unspecified atom stereocenters. The summed E-state index contributed by atoms with van der Waals surface area (Å²) in [5, 5.41) is 5.23. The Labute approximate surface area is 91.6 Å². The average molecular weight is 225 g/mol. The van der Waals surface area contributed by atoms with Crippen molar-refractivity contribution in [2.45, 2.75) is 6.92 Å². The van der Waals surface area contributed by atoms with Gasteiger partial charge in [0.25, 0.3) is 0 Å². The summed E-state index contributed by atoms with van der Waals surface area (Å²) >= 11 is 1.40. The van der Waals surface area contributed by atoms with Gasteiger partial charge >= 0.3 is 5.97 Å². The second-order valence-electron chi connectivity index (χ2n) is 2.74. The maximum Gasteiger partial charge on any atom is 0.330 e. The summed E-state index contributed by atoms with van der Waals surface area (Å²) in [5.41, 5.74) is 0.792. The monoisotopic (exact) mass is 225 g/mol. The first-order valence-electron chi connectivity index (χ1n) is 4.24. The topological polar surface area (TPSA) is 55.4 Å². The van der Waals surface area contributed by atoms with Gasteiger partial charge in [-0.25, -0.2) is 4.79 Å². The van der Waals surface area contributed by atoms with Gasteiger partial charge in [-0.3, -0.25) is 4.79 Å². The molecule has 0 aliphatic carbocycles. The molecule has 1 aromatic rings. The van der Waals surface area contributed by atoms with Gasteiger partial charge in [-0.2, -0.15) is 0 Å². The van der Waals surface area contributed by atoms with Gasteiger partial charge in [0.15, 0.2) is 0 Å². The first kappa shape index (κ1) is 11.5. The van der Waals surface area contributed by atoms with Gasteiger partial charge in [-0.15, -0.1) is 11.3 Å². The number of nitrogens with one attached hydrogen (secondary N) is 1. The number of methoxy groups -OCH3 is 1. The molecule has 1 heterocycles. The third-order valence-corrected chi connectivity index (χ3v) is 2.43. The minimum absolute atomic E-state index is 0.134. The molecule has 0 saturated carbocycles. The van der Waals surface area contributed by atoms with E-state index in [-0.39, 0.29) is 5.91 Å². The fourth-order valence-electron chi connectivity index (χ4n) is 0.938. The van der Waals surface area contributed by atoms with Crippen LogP contribution in [0, 0.1) is 0 Å². The molecule has 80 valence electrons. The van der Waals surface area contributed by atoms with Crippen molar-refractivity contribution < 1.29 is 14.3 Å². The molecule has 0 aromatic carbocycles. The van der Waals surface area contributed by atoms with Crippen LogP contribution in [0.5, 0.6) is 0 Å². The molecule has 5 heteroatoms. The number of esters is 1. The summed E-state index contributed by atoms with van der Waals surface area (Å²) in [5.74, 6) is -0.555. The summed E-state index contributed by atoms with van der Waals surface area (Å²) in [4.78, 5) is 21.7. The third kappa shape index (κ3) is 3.55. The molecular formula is C10H11NO3S. The molecular weight excluding hydrogens is 214 g/mol. The van der Waals surface area contributed by atoms with Gasteiger partial charge in [0.05, 0.1) is 7.11 Å². The summed E-state index contributed by atoms with van der Waals surface area (Å²) < 4.78 is 4.46. The minimum atomic E-state index is -0.421. The van der Waals surface area contributed by atoms with Crippen LogP contribution in [0.3, 0.4) is 0 Å². The van der Waals surface area contributed by atoms with Crippen LogP contribution in [0.4, 0.5) is 5.00 Å². The number of rotatable bonds is 3. The fourth-order valence-corrected chi connectivity index (χ4v) is 1.76. The zero-order chi connectivity index (χ0) is 11.3. The largest absolute Gasteiger partial charge is 0.466 e. The predicted molar refractivity (Wildman–Crippen MR) is 59.7 cm³/mol. The van der Waals surface area contributed by atoms with Gasteiger partial charge in [0, 0.05) is 18.6 Å². The molecule has 15 heavy (non-hydrogen) atoms. The highest BCUT2D eigenvalue weighted by molar-refractivity contribution is 7.14. The zero-order valence-corrected chi connectivity index (χ0v) is 9.26. The van der Waals surface area contributed by atoms with Crippen LogP contribution < -0.4 is 5.32 Å². The Morgan fingerprint density at radius 3 is 2.87 bits per heavy atom. The Kier molecular flexibility index (Phi) is 4.05. The van der Waals surface area contributed by atoms with E-state index in [1.54, 1.807) is 6.08 Å². The smallest absolute Gasteiger partial charge is 0.330 e. The summed E-state index contributed by atoms with van der Waals surface area (Å²) in [6.07, 6.45) is 2.92. The van der Waals surface area contributed by atoms with E-state index in [9.17, 15) is 9.59 Å². The summed E-state index contributed by atoms with van der Waals surface area (Å²) in [6, 6.07) is 1.81. The first-order valence-corrected chi connectivity index (χ1v) is 5.12. The summed E-state index contributed by atoms with van der Waals surface area (Å²) in [7, 11) is 1.31. The third-order valence-electron chi connectivity index (χ3n) is 1.59. The second kappa shape index (κ2) is 5.31. The first-order chi connectivity index (χ1) is 7.13. The Morgan fingerprint density at radius 1 is 1.53 bits per heavy atom. The highest BCUT2D eigenvalue weighted by Gasteiger charge is 2.03. The lowest BCUT2D eigenvalue weighted by molar-refractivity contribution is -0.134. The highest BCUT2D eigenvalue weighted by Crippen LogP contribution is 2.24. The number of carbonyl (C=O) groups excluding carboxylic acids is 2. The van der Waals surface area contributed by atoms with Crippen molar-refractivity contribution in [2.75, 3.05) is 12.4 Å². The normalized spacial score (nSPS) is 10.3. The fraction of sp³-hybridized carbons (Fsp3) is 0.200. The molecule has 1 N–H and O–H groups in total. The Hall–Kier alpha value is -1.62. The predicted octanol–water partition coefficient (Wildman–Crippen LogP) is 1.89. The maximum atomic E-state index is 10.8. The molecule has 0 atom stereocenters. The molecule has 4 nitrogen and oxygen atoms in total. The number of amides is 1. The van der Waals surface area contributed by atoms with E-state index in [0.29, 0.717) is 0 Å². The maximum absolute atomic E-state index is 10.8. The van der Waals surface area contributed by atoms with Gasteiger partial charge < -0.3 is 10.1 Å². The van der Waals surface area contributed by atoms with Crippen LogP contribution in [0.15, 0.2) is 17.5 Å². The van der Waals surface area contributed by atoms with Gasteiger partial charge in [-0.1, -0.05) is 0 Å². The van der Waals surface area contributed by atoms with Crippen molar-refractivity contribution in [2.24, 2.45) is 0 Å². The van der Waals surface area contributed by atoms with Crippen molar-refractivity contribution in [3.05, 3.63) is 23.1 Å². The molecule has 0 radical (unpaired) electrons. The van der Waals surface area contributed by atoms with Crippen LogP contribution in [0.25, 0.3) is 6.08 Å². The highest BCUT2D eigenvalue weighted by atomic mass is 32.1.